The first-order chi connectivity index (χ1) is 9.64. The van der Waals surface area contributed by atoms with Gasteiger partial charge in [-0.25, -0.2) is 0 Å². The zero-order chi connectivity index (χ0) is 16.0. The monoisotopic (exact) mass is 307 g/mol. The quantitative estimate of drug-likeness (QED) is 0.666. The maximum absolute atomic E-state index is 6.22. The van der Waals surface area contributed by atoms with Gasteiger partial charge in [-0.3, -0.25) is 0 Å². The number of rotatable bonds is 3. The molecular formula is C16H26BNO2S. The van der Waals surface area contributed by atoms with Crippen molar-refractivity contribution in [2.45, 2.75) is 65.0 Å². The highest BCUT2D eigenvalue weighted by Gasteiger charge is 2.52. The van der Waals surface area contributed by atoms with Crippen LogP contribution in [0.2, 0.25) is 0 Å². The molecule has 1 heterocycles. The van der Waals surface area contributed by atoms with Gasteiger partial charge in [-0.05, 0) is 69.3 Å². The molecule has 1 aromatic carbocycles. The van der Waals surface area contributed by atoms with Crippen LogP contribution >= 0.6 is 12.6 Å². The van der Waals surface area contributed by atoms with Gasteiger partial charge in [-0.1, -0.05) is 6.07 Å². The molecule has 3 nitrogen and oxygen atoms in total. The minimum atomic E-state index is -0.347. The van der Waals surface area contributed by atoms with Crippen LogP contribution in [0.5, 0.6) is 0 Å². The molecule has 1 saturated heterocycles. The van der Waals surface area contributed by atoms with Gasteiger partial charge < -0.3 is 15.0 Å². The van der Waals surface area contributed by atoms with Crippen molar-refractivity contribution in [3.05, 3.63) is 28.3 Å². The van der Waals surface area contributed by atoms with Crippen molar-refractivity contribution in [1.82, 2.24) is 0 Å². The summed E-state index contributed by atoms with van der Waals surface area (Å²) in [6.07, 6.45) is 0. The van der Waals surface area contributed by atoms with Crippen LogP contribution in [0, 0.1) is 13.8 Å². The molecule has 2 rings (SSSR count). The lowest BCUT2D eigenvalue weighted by molar-refractivity contribution is 0.00578. The molecule has 0 bridgehead atoms. The largest absolute Gasteiger partial charge is 0.495 e. The molecule has 1 aliphatic rings. The zero-order valence-corrected chi connectivity index (χ0v) is 14.8. The standard InChI is InChI=1S/C16H26BNO2S/c1-10-12(8-18)7-13(9-21)11(2)14(10)17-19-15(3,4)16(5,6)20-17/h7,21H,8-9,18H2,1-6H3. The average molecular weight is 307 g/mol. The second-order valence-corrected chi connectivity index (χ2v) is 7.13. The van der Waals surface area contributed by atoms with Gasteiger partial charge in [-0.15, -0.1) is 0 Å². The molecule has 0 aromatic heterocycles. The molecule has 21 heavy (non-hydrogen) atoms. The van der Waals surface area contributed by atoms with E-state index in [2.05, 4.69) is 60.2 Å². The molecule has 0 radical (unpaired) electrons. The van der Waals surface area contributed by atoms with E-state index in [9.17, 15) is 0 Å². The lowest BCUT2D eigenvalue weighted by Gasteiger charge is -2.32. The maximum atomic E-state index is 6.22. The van der Waals surface area contributed by atoms with Crippen molar-refractivity contribution in [3.8, 4) is 0 Å². The van der Waals surface area contributed by atoms with Crippen molar-refractivity contribution >= 4 is 25.2 Å². The van der Waals surface area contributed by atoms with E-state index in [0.717, 1.165) is 11.0 Å². The molecule has 0 spiro atoms. The van der Waals surface area contributed by atoms with E-state index in [0.29, 0.717) is 12.3 Å². The molecule has 2 N–H and O–H groups in total. The second-order valence-electron chi connectivity index (χ2n) is 6.81. The van der Waals surface area contributed by atoms with Crippen LogP contribution in [-0.4, -0.2) is 18.3 Å². The van der Waals surface area contributed by atoms with Crippen molar-refractivity contribution in [1.29, 1.82) is 0 Å². The molecule has 0 aliphatic carbocycles. The SMILES string of the molecule is Cc1c(CN)cc(CS)c(C)c1B1OC(C)(C)C(C)(C)O1. The third-order valence-corrected chi connectivity index (χ3v) is 5.34. The van der Waals surface area contributed by atoms with Crippen molar-refractivity contribution in [2.75, 3.05) is 0 Å². The Kier molecular flexibility index (Phi) is 4.51. The summed E-state index contributed by atoms with van der Waals surface area (Å²) in [5.74, 6) is 0.686. The summed E-state index contributed by atoms with van der Waals surface area (Å²) in [4.78, 5) is 0. The number of hydrogen-bond acceptors (Lipinski definition) is 4. The molecular weight excluding hydrogens is 281 g/mol. The first kappa shape index (κ1) is 16.9. The van der Waals surface area contributed by atoms with Crippen LogP contribution in [0.1, 0.15) is 49.9 Å². The average Bonchev–Trinajstić information content (AvgIpc) is 2.58. The minimum Gasteiger partial charge on any atom is -0.399 e. The van der Waals surface area contributed by atoms with Gasteiger partial charge in [-0.2, -0.15) is 12.6 Å². The predicted molar refractivity (Wildman–Crippen MR) is 92.2 cm³/mol. The summed E-state index contributed by atoms with van der Waals surface area (Å²) < 4.78 is 12.4. The van der Waals surface area contributed by atoms with Gasteiger partial charge in [0.1, 0.15) is 0 Å². The fourth-order valence-corrected chi connectivity index (χ4v) is 3.07. The van der Waals surface area contributed by atoms with Crippen LogP contribution in [0.4, 0.5) is 0 Å². The molecule has 0 atom stereocenters. The van der Waals surface area contributed by atoms with Crippen LogP contribution in [-0.2, 0) is 21.6 Å². The first-order valence-electron chi connectivity index (χ1n) is 7.43. The highest BCUT2D eigenvalue weighted by molar-refractivity contribution is 7.79. The molecule has 1 fully saturated rings. The van der Waals surface area contributed by atoms with Gasteiger partial charge in [0, 0.05) is 12.3 Å². The van der Waals surface area contributed by atoms with E-state index in [4.69, 9.17) is 15.0 Å². The summed E-state index contributed by atoms with van der Waals surface area (Å²) in [5.41, 5.74) is 11.0. The number of thiol groups is 1. The molecule has 116 valence electrons. The Morgan fingerprint density at radius 2 is 1.52 bits per heavy atom. The maximum Gasteiger partial charge on any atom is 0.495 e. The Balaban J connectivity index is 2.55. The Morgan fingerprint density at radius 1 is 1.05 bits per heavy atom. The lowest BCUT2D eigenvalue weighted by atomic mass is 9.71. The second kappa shape index (κ2) is 5.62. The molecule has 1 aromatic rings. The predicted octanol–water partition coefficient (Wildman–Crippen LogP) is 2.49. The van der Waals surface area contributed by atoms with Crippen molar-refractivity contribution in [2.24, 2.45) is 5.73 Å². The molecule has 0 saturated carbocycles. The molecule has 1 aliphatic heterocycles. The van der Waals surface area contributed by atoms with Gasteiger partial charge >= 0.3 is 7.12 Å². The fourth-order valence-electron chi connectivity index (χ4n) is 2.74. The Morgan fingerprint density at radius 3 is 1.95 bits per heavy atom. The minimum absolute atomic E-state index is 0.337. The first-order valence-corrected chi connectivity index (χ1v) is 8.06. The summed E-state index contributed by atoms with van der Waals surface area (Å²) in [5, 5.41) is 0. The van der Waals surface area contributed by atoms with E-state index >= 15 is 0 Å². The summed E-state index contributed by atoms with van der Waals surface area (Å²) in [7, 11) is -0.347. The zero-order valence-electron chi connectivity index (χ0n) is 13.9. The summed E-state index contributed by atoms with van der Waals surface area (Å²) >= 11 is 4.44. The van der Waals surface area contributed by atoms with Gasteiger partial charge in [0.2, 0.25) is 0 Å². The van der Waals surface area contributed by atoms with Crippen molar-refractivity contribution < 1.29 is 9.31 Å². The van der Waals surface area contributed by atoms with Gasteiger partial charge in [0.15, 0.2) is 0 Å². The van der Waals surface area contributed by atoms with Crippen LogP contribution in [0.25, 0.3) is 0 Å². The Hall–Kier alpha value is -0.485. The highest BCUT2D eigenvalue weighted by atomic mass is 32.1. The number of hydrogen-bond donors (Lipinski definition) is 2. The smallest absolute Gasteiger partial charge is 0.399 e. The lowest BCUT2D eigenvalue weighted by Crippen LogP contribution is -2.41. The molecule has 5 heteroatoms. The van der Waals surface area contributed by atoms with Crippen LogP contribution < -0.4 is 11.2 Å². The number of nitrogens with two attached hydrogens (primary N) is 1. The van der Waals surface area contributed by atoms with Crippen molar-refractivity contribution in [3.63, 3.8) is 0 Å². The van der Waals surface area contributed by atoms with Gasteiger partial charge in [0.05, 0.1) is 11.2 Å². The Bertz CT molecular complexity index is 513. The van der Waals surface area contributed by atoms with E-state index in [-0.39, 0.29) is 18.3 Å². The van der Waals surface area contributed by atoms with E-state index in [1.807, 2.05) is 0 Å². The van der Waals surface area contributed by atoms with E-state index < -0.39 is 0 Å². The molecule has 0 unspecified atom stereocenters. The topological polar surface area (TPSA) is 44.5 Å². The molecule has 0 amide bonds. The van der Waals surface area contributed by atoms with E-state index in [1.54, 1.807) is 0 Å². The number of benzene rings is 1. The van der Waals surface area contributed by atoms with Gasteiger partial charge in [0.25, 0.3) is 0 Å². The third-order valence-electron chi connectivity index (χ3n) is 5.00. The summed E-state index contributed by atoms with van der Waals surface area (Å²) in [6.45, 7) is 13.0. The fraction of sp³-hybridized carbons (Fsp3) is 0.625. The highest BCUT2D eigenvalue weighted by Crippen LogP contribution is 2.37. The Labute approximate surface area is 134 Å². The summed E-state index contributed by atoms with van der Waals surface area (Å²) in [6, 6.07) is 2.15. The normalized spacial score (nSPS) is 20.1. The van der Waals surface area contributed by atoms with E-state index in [1.165, 1.54) is 16.7 Å². The van der Waals surface area contributed by atoms with Crippen LogP contribution in [0.3, 0.4) is 0 Å². The third kappa shape index (κ3) is 2.77. The van der Waals surface area contributed by atoms with Crippen LogP contribution in [0.15, 0.2) is 6.07 Å².